The molecule has 0 fully saturated rings. The predicted molar refractivity (Wildman–Crippen MR) is 190 cm³/mol. The summed E-state index contributed by atoms with van der Waals surface area (Å²) in [6, 6.07) is 47.3. The monoisotopic (exact) mass is 693 g/mol. The molecule has 0 aliphatic heterocycles. The fourth-order valence-electron chi connectivity index (χ4n) is 7.72. The van der Waals surface area contributed by atoms with Gasteiger partial charge in [-0.05, 0) is 0 Å². The summed E-state index contributed by atoms with van der Waals surface area (Å²) in [6.45, 7) is 7.30. The Kier molecular flexibility index (Phi) is 9.64. The van der Waals surface area contributed by atoms with Crippen molar-refractivity contribution in [1.82, 2.24) is 0 Å². The van der Waals surface area contributed by atoms with Gasteiger partial charge in [0.15, 0.2) is 0 Å². The smallest absolute Gasteiger partial charge is 0.147 e. The Morgan fingerprint density at radius 1 is 0.512 bits per heavy atom. The molecule has 7 rings (SSSR count). The number of benzene rings is 5. The van der Waals surface area contributed by atoms with Gasteiger partial charge in [-0.1, -0.05) is 0 Å². The summed E-state index contributed by atoms with van der Waals surface area (Å²) in [4.78, 5) is 0. The number of hydrogen-bond acceptors (Lipinski definition) is 0. The van der Waals surface area contributed by atoms with E-state index in [4.69, 9.17) is 0 Å². The minimum Gasteiger partial charge on any atom is -0.147 e. The van der Waals surface area contributed by atoms with E-state index in [1.54, 1.807) is 22.3 Å². The Morgan fingerprint density at radius 2 is 0.907 bits per heavy atom. The summed E-state index contributed by atoms with van der Waals surface area (Å²) in [5.74, 6) is 0. The first kappa shape index (κ1) is 31.7. The third-order valence-electron chi connectivity index (χ3n) is 9.25. The molecule has 0 heterocycles. The summed E-state index contributed by atoms with van der Waals surface area (Å²) in [5, 5.41) is 0. The van der Waals surface area contributed by atoms with Gasteiger partial charge >= 0.3 is 252 Å². The van der Waals surface area contributed by atoms with E-state index in [-0.39, 0.29) is 24.8 Å². The number of hydrogen-bond donors (Lipinski definition) is 0. The van der Waals surface area contributed by atoms with Crippen LogP contribution in [0.25, 0.3) is 34.4 Å². The van der Waals surface area contributed by atoms with E-state index < -0.39 is 18.9 Å². The molecule has 0 aromatic heterocycles. The molecular weight excluding hydrogens is 659 g/mol. The van der Waals surface area contributed by atoms with Gasteiger partial charge in [0.2, 0.25) is 0 Å². The van der Waals surface area contributed by atoms with Crippen LogP contribution >= 0.6 is 24.8 Å². The summed E-state index contributed by atoms with van der Waals surface area (Å²) in [6.07, 6.45) is 5.06. The van der Waals surface area contributed by atoms with E-state index in [2.05, 4.69) is 160 Å². The van der Waals surface area contributed by atoms with E-state index in [0.717, 1.165) is 0 Å². The van der Waals surface area contributed by atoms with Crippen LogP contribution in [0.3, 0.4) is 0 Å². The zero-order valence-electron chi connectivity index (χ0n) is 24.7. The maximum atomic E-state index is 2.53. The maximum Gasteiger partial charge on any atom is -0.147 e. The van der Waals surface area contributed by atoms with Crippen LogP contribution in [0.15, 0.2) is 139 Å². The van der Waals surface area contributed by atoms with Gasteiger partial charge in [-0.15, -0.1) is 24.8 Å². The van der Waals surface area contributed by atoms with Gasteiger partial charge in [-0.25, -0.2) is 0 Å². The van der Waals surface area contributed by atoms with Crippen molar-refractivity contribution in [3.8, 4) is 22.3 Å². The second-order valence-electron chi connectivity index (χ2n) is 11.9. The molecule has 0 N–H and O–H groups in total. The molecule has 0 saturated carbocycles. The van der Waals surface area contributed by atoms with Gasteiger partial charge in [0.1, 0.15) is 0 Å². The predicted octanol–water partition coefficient (Wildman–Crippen LogP) is 10.4. The van der Waals surface area contributed by atoms with E-state index >= 15 is 0 Å². The number of rotatable bonds is 6. The topological polar surface area (TPSA) is 0 Å². The van der Waals surface area contributed by atoms with Crippen molar-refractivity contribution in [3.05, 3.63) is 166 Å². The van der Waals surface area contributed by atoms with Gasteiger partial charge in [0.25, 0.3) is 0 Å². The van der Waals surface area contributed by atoms with Crippen molar-refractivity contribution in [2.24, 2.45) is 0 Å². The summed E-state index contributed by atoms with van der Waals surface area (Å²) < 4.78 is 2.28. The molecule has 0 spiro atoms. The van der Waals surface area contributed by atoms with Crippen LogP contribution in [0.1, 0.15) is 48.9 Å². The molecule has 2 unspecified atom stereocenters. The summed E-state index contributed by atoms with van der Waals surface area (Å²) in [5.41, 5.74) is 16.0. The summed E-state index contributed by atoms with van der Waals surface area (Å²) in [7, 11) is 0. The first-order chi connectivity index (χ1) is 20.0. The molecule has 0 bridgehead atoms. The molecule has 43 heavy (non-hydrogen) atoms. The van der Waals surface area contributed by atoms with Crippen LogP contribution in [-0.2, 0) is 23.0 Å². The second-order valence-corrected chi connectivity index (χ2v) is 29.4. The maximum absolute atomic E-state index is 3.17. The molecule has 2 aliphatic rings. The molecule has 2 aliphatic carbocycles. The standard InChI is InChI=1S/2C16H13.C7H7.2ClH.H2Si.Zr/c2*1-12-10-14-8-5-9-15(16(14)11-12)13-6-3-2-4-7-13;1-7-5-3-2-4-6-7;;;;/h2*2-11H,1H3;2-6H,1H2;2*1H;1H2;. The van der Waals surface area contributed by atoms with Crippen LogP contribution in [0.4, 0.5) is 0 Å². The van der Waals surface area contributed by atoms with Crippen molar-refractivity contribution < 1.29 is 18.9 Å². The number of halogens is 2. The van der Waals surface area contributed by atoms with Crippen LogP contribution in [0, 0.1) is 0 Å². The van der Waals surface area contributed by atoms with Crippen LogP contribution in [0.2, 0.25) is 0 Å². The zero-order chi connectivity index (χ0) is 28.0. The SMILES string of the molecule is CC1=Cc2c(-c3ccccc3)cccc2[CH]1[Zr](=[SiH2])([CH2]c1ccccc1)[CH]1C(C)=Cc2c(-c3ccccc3)cccc21.Cl.Cl. The van der Waals surface area contributed by atoms with Crippen molar-refractivity contribution in [2.45, 2.75) is 25.2 Å². The Bertz CT molecular complexity index is 1750. The third kappa shape index (κ3) is 5.65. The molecule has 5 aromatic rings. The Labute approximate surface area is 274 Å². The van der Waals surface area contributed by atoms with Crippen molar-refractivity contribution in [1.29, 1.82) is 0 Å². The van der Waals surface area contributed by atoms with Crippen molar-refractivity contribution >= 4 is 43.8 Å². The van der Waals surface area contributed by atoms with Crippen molar-refractivity contribution in [2.75, 3.05) is 0 Å². The van der Waals surface area contributed by atoms with Crippen molar-refractivity contribution in [3.63, 3.8) is 0 Å². The quantitative estimate of drug-likeness (QED) is 0.155. The van der Waals surface area contributed by atoms with Gasteiger partial charge in [0, 0.05) is 0 Å². The minimum absolute atomic E-state index is 0. The minimum atomic E-state index is -3.17. The van der Waals surface area contributed by atoms with Crippen LogP contribution in [0.5, 0.6) is 0 Å². The second kappa shape index (κ2) is 13.1. The van der Waals surface area contributed by atoms with Gasteiger partial charge in [-0.2, -0.15) is 0 Å². The first-order valence-electron chi connectivity index (χ1n) is 14.7. The zero-order valence-corrected chi connectivity index (χ0v) is 30.2. The number of fused-ring (bicyclic) bond motifs is 2. The van der Waals surface area contributed by atoms with Gasteiger partial charge < -0.3 is 0 Å². The van der Waals surface area contributed by atoms with Gasteiger partial charge in [-0.3, -0.25) is 0 Å². The average molecular weight is 696 g/mol. The Morgan fingerprint density at radius 3 is 1.33 bits per heavy atom. The molecule has 4 heteroatoms. The van der Waals surface area contributed by atoms with Crippen LogP contribution < -0.4 is 0 Å². The average Bonchev–Trinajstić information content (AvgIpc) is 3.54. The Balaban J connectivity index is 0.00000184. The molecular formula is C39H37Cl2SiZr. The largest absolute Gasteiger partial charge is 0.147 e. The molecule has 0 amide bonds. The Hall–Kier alpha value is -2.74. The molecule has 2 atom stereocenters. The molecule has 0 saturated heterocycles. The van der Waals surface area contributed by atoms with E-state index in [9.17, 15) is 0 Å². The normalized spacial score (nSPS) is 17.8. The molecule has 5 aromatic carbocycles. The fourth-order valence-corrected chi connectivity index (χ4v) is 29.3. The molecule has 0 nitrogen and oxygen atoms in total. The summed E-state index contributed by atoms with van der Waals surface area (Å²) >= 11 is -3.17. The van der Waals surface area contributed by atoms with Crippen LogP contribution in [-0.4, -0.2) is 6.88 Å². The molecule has 0 radical (unpaired) electrons. The van der Waals surface area contributed by atoms with Gasteiger partial charge in [0.05, 0.1) is 0 Å². The fraction of sp³-hybridized carbons (Fsp3) is 0.128. The number of allylic oxidation sites excluding steroid dienone is 2. The first-order valence-corrected chi connectivity index (χ1v) is 25.2. The van der Waals surface area contributed by atoms with E-state index in [1.807, 2.05) is 0 Å². The van der Waals surface area contributed by atoms with E-state index in [0.29, 0.717) is 7.25 Å². The third-order valence-corrected chi connectivity index (χ3v) is 27.6. The molecule has 215 valence electrons. The van der Waals surface area contributed by atoms with E-state index in [1.165, 1.54) is 43.1 Å².